The van der Waals surface area contributed by atoms with E-state index in [1.54, 1.807) is 0 Å². The SMILES string of the molecule is Nc1[nH]ncc1-c1cc(F)cc(Cl)c1O. The van der Waals surface area contributed by atoms with Crippen LogP contribution in [0.5, 0.6) is 5.75 Å². The predicted octanol–water partition coefficient (Wildman–Crippen LogP) is 2.16. The van der Waals surface area contributed by atoms with Gasteiger partial charge in [0, 0.05) is 11.1 Å². The van der Waals surface area contributed by atoms with Crippen LogP contribution in [0.3, 0.4) is 0 Å². The minimum Gasteiger partial charge on any atom is -0.506 e. The maximum Gasteiger partial charge on any atom is 0.142 e. The number of aromatic hydroxyl groups is 1. The van der Waals surface area contributed by atoms with Crippen molar-refractivity contribution in [3.63, 3.8) is 0 Å². The number of nitrogens with zero attached hydrogens (tertiary/aromatic N) is 1. The van der Waals surface area contributed by atoms with Crippen LogP contribution < -0.4 is 5.73 Å². The van der Waals surface area contributed by atoms with E-state index in [2.05, 4.69) is 10.2 Å². The number of nitrogen functional groups attached to an aromatic ring is 1. The summed E-state index contributed by atoms with van der Waals surface area (Å²) in [7, 11) is 0. The topological polar surface area (TPSA) is 74.9 Å². The van der Waals surface area contributed by atoms with Crippen molar-refractivity contribution in [1.82, 2.24) is 10.2 Å². The number of phenols is 1. The number of aromatic nitrogens is 2. The van der Waals surface area contributed by atoms with Gasteiger partial charge in [0.05, 0.1) is 11.2 Å². The number of nitrogens with one attached hydrogen (secondary N) is 1. The van der Waals surface area contributed by atoms with E-state index in [1.165, 1.54) is 6.20 Å². The van der Waals surface area contributed by atoms with Crippen LogP contribution in [0.4, 0.5) is 10.2 Å². The van der Waals surface area contributed by atoms with Crippen LogP contribution in [0.25, 0.3) is 11.1 Å². The first kappa shape index (κ1) is 9.79. The third kappa shape index (κ3) is 1.61. The largest absolute Gasteiger partial charge is 0.506 e. The monoisotopic (exact) mass is 227 g/mol. The zero-order valence-electron chi connectivity index (χ0n) is 7.46. The Balaban J connectivity index is 2.68. The molecule has 0 aliphatic rings. The quantitative estimate of drug-likeness (QED) is 0.699. The Morgan fingerprint density at radius 1 is 1.40 bits per heavy atom. The molecule has 4 N–H and O–H groups in total. The molecule has 1 heterocycles. The van der Waals surface area contributed by atoms with Crippen LogP contribution >= 0.6 is 11.6 Å². The van der Waals surface area contributed by atoms with E-state index in [0.717, 1.165) is 12.1 Å². The normalized spacial score (nSPS) is 10.5. The summed E-state index contributed by atoms with van der Waals surface area (Å²) in [6.07, 6.45) is 1.39. The Kier molecular flexibility index (Phi) is 2.24. The van der Waals surface area contributed by atoms with E-state index >= 15 is 0 Å². The molecule has 0 aliphatic heterocycles. The summed E-state index contributed by atoms with van der Waals surface area (Å²) < 4.78 is 13.1. The number of aromatic amines is 1. The van der Waals surface area contributed by atoms with Gasteiger partial charge in [0.2, 0.25) is 0 Å². The van der Waals surface area contributed by atoms with Crippen molar-refractivity contribution in [2.24, 2.45) is 0 Å². The van der Waals surface area contributed by atoms with Crippen molar-refractivity contribution >= 4 is 17.4 Å². The molecule has 0 spiro atoms. The molecule has 15 heavy (non-hydrogen) atoms. The average Bonchev–Trinajstić information content (AvgIpc) is 2.58. The highest BCUT2D eigenvalue weighted by atomic mass is 35.5. The highest BCUT2D eigenvalue weighted by molar-refractivity contribution is 6.32. The molecule has 0 saturated heterocycles. The molecule has 0 saturated carbocycles. The summed E-state index contributed by atoms with van der Waals surface area (Å²) in [6.45, 7) is 0. The van der Waals surface area contributed by atoms with Gasteiger partial charge in [-0.05, 0) is 12.1 Å². The number of H-pyrrole nitrogens is 1. The van der Waals surface area contributed by atoms with E-state index in [4.69, 9.17) is 17.3 Å². The minimum atomic E-state index is -0.548. The van der Waals surface area contributed by atoms with Crippen molar-refractivity contribution in [2.45, 2.75) is 0 Å². The van der Waals surface area contributed by atoms with Gasteiger partial charge in [-0.2, -0.15) is 5.10 Å². The highest BCUT2D eigenvalue weighted by Crippen LogP contribution is 2.37. The molecule has 0 unspecified atom stereocenters. The van der Waals surface area contributed by atoms with Crippen molar-refractivity contribution < 1.29 is 9.50 Å². The van der Waals surface area contributed by atoms with Gasteiger partial charge in [0.15, 0.2) is 0 Å². The summed E-state index contributed by atoms with van der Waals surface area (Å²) >= 11 is 5.63. The zero-order valence-corrected chi connectivity index (χ0v) is 8.22. The van der Waals surface area contributed by atoms with Crippen molar-refractivity contribution in [3.8, 4) is 16.9 Å². The molecule has 0 radical (unpaired) electrons. The molecule has 0 amide bonds. The number of anilines is 1. The summed E-state index contributed by atoms with van der Waals surface area (Å²) in [6, 6.07) is 2.17. The molecule has 0 atom stereocenters. The standard InChI is InChI=1S/C9H7ClFN3O/c10-7-2-4(11)1-5(8(7)15)6-3-13-14-9(6)12/h1-3,15H,(H3,12,13,14). The molecular weight excluding hydrogens is 221 g/mol. The fourth-order valence-electron chi connectivity index (χ4n) is 1.28. The lowest BCUT2D eigenvalue weighted by Crippen LogP contribution is -1.89. The predicted molar refractivity (Wildman–Crippen MR) is 55.1 cm³/mol. The lowest BCUT2D eigenvalue weighted by molar-refractivity contribution is 0.475. The molecule has 2 aromatic rings. The first-order valence-electron chi connectivity index (χ1n) is 4.07. The van der Waals surface area contributed by atoms with Gasteiger partial charge in [-0.15, -0.1) is 0 Å². The third-order valence-electron chi connectivity index (χ3n) is 1.99. The summed E-state index contributed by atoms with van der Waals surface area (Å²) in [4.78, 5) is 0. The van der Waals surface area contributed by atoms with E-state index in [1.807, 2.05) is 0 Å². The van der Waals surface area contributed by atoms with Crippen LogP contribution in [0.2, 0.25) is 5.02 Å². The van der Waals surface area contributed by atoms with E-state index in [9.17, 15) is 9.50 Å². The summed E-state index contributed by atoms with van der Waals surface area (Å²) in [5.41, 5.74) is 6.17. The first-order chi connectivity index (χ1) is 7.09. The van der Waals surface area contributed by atoms with Crippen molar-refractivity contribution in [2.75, 3.05) is 5.73 Å². The zero-order chi connectivity index (χ0) is 11.0. The highest BCUT2D eigenvalue weighted by Gasteiger charge is 2.13. The molecule has 0 aliphatic carbocycles. The maximum absolute atomic E-state index is 13.1. The fraction of sp³-hybridized carbons (Fsp3) is 0. The molecule has 2 rings (SSSR count). The molecule has 0 bridgehead atoms. The number of halogens is 2. The molecule has 78 valence electrons. The number of phenolic OH excluding ortho intramolecular Hbond substituents is 1. The average molecular weight is 228 g/mol. The maximum atomic E-state index is 13.1. The van der Waals surface area contributed by atoms with Crippen LogP contribution in [-0.2, 0) is 0 Å². The van der Waals surface area contributed by atoms with E-state index in [-0.39, 0.29) is 22.2 Å². The lowest BCUT2D eigenvalue weighted by atomic mass is 10.1. The van der Waals surface area contributed by atoms with Gasteiger partial charge in [-0.1, -0.05) is 11.6 Å². The van der Waals surface area contributed by atoms with Crippen LogP contribution in [0, 0.1) is 5.82 Å². The van der Waals surface area contributed by atoms with Gasteiger partial charge in [0.1, 0.15) is 17.4 Å². The number of hydrogen-bond acceptors (Lipinski definition) is 3. The summed E-state index contributed by atoms with van der Waals surface area (Å²) in [5.74, 6) is -0.522. The lowest BCUT2D eigenvalue weighted by Gasteiger charge is -2.05. The molecular formula is C9H7ClFN3O. The minimum absolute atomic E-state index is 0.0643. The van der Waals surface area contributed by atoms with Crippen LogP contribution in [-0.4, -0.2) is 15.3 Å². The fourth-order valence-corrected chi connectivity index (χ4v) is 1.49. The van der Waals surface area contributed by atoms with Gasteiger partial charge in [0.25, 0.3) is 0 Å². The molecule has 1 aromatic carbocycles. The first-order valence-corrected chi connectivity index (χ1v) is 4.44. The van der Waals surface area contributed by atoms with Gasteiger partial charge < -0.3 is 10.8 Å². The van der Waals surface area contributed by atoms with Gasteiger partial charge in [-0.3, -0.25) is 5.10 Å². The second-order valence-electron chi connectivity index (χ2n) is 2.98. The Morgan fingerprint density at radius 3 is 2.73 bits per heavy atom. The second kappa shape index (κ2) is 3.43. The van der Waals surface area contributed by atoms with Crippen molar-refractivity contribution in [1.29, 1.82) is 0 Å². The van der Waals surface area contributed by atoms with E-state index < -0.39 is 5.82 Å². The third-order valence-corrected chi connectivity index (χ3v) is 2.28. The Hall–Kier alpha value is -1.75. The van der Waals surface area contributed by atoms with Crippen LogP contribution in [0.1, 0.15) is 0 Å². The number of rotatable bonds is 1. The van der Waals surface area contributed by atoms with E-state index in [0.29, 0.717) is 5.56 Å². The Morgan fingerprint density at radius 2 is 2.13 bits per heavy atom. The Labute approximate surface area is 89.5 Å². The number of nitrogens with two attached hydrogens (primary N) is 1. The number of hydrogen-bond donors (Lipinski definition) is 3. The second-order valence-corrected chi connectivity index (χ2v) is 3.39. The molecule has 4 nitrogen and oxygen atoms in total. The summed E-state index contributed by atoms with van der Waals surface area (Å²) in [5, 5.41) is 15.7. The molecule has 1 aromatic heterocycles. The molecule has 0 fully saturated rings. The van der Waals surface area contributed by atoms with Gasteiger partial charge in [-0.25, -0.2) is 4.39 Å². The van der Waals surface area contributed by atoms with Crippen molar-refractivity contribution in [3.05, 3.63) is 29.2 Å². The molecule has 6 heteroatoms. The Bertz CT molecular complexity index is 512. The van der Waals surface area contributed by atoms with Crippen LogP contribution in [0.15, 0.2) is 18.3 Å². The number of benzene rings is 1. The smallest absolute Gasteiger partial charge is 0.142 e. The van der Waals surface area contributed by atoms with Gasteiger partial charge >= 0.3 is 0 Å².